The van der Waals surface area contributed by atoms with Crippen molar-refractivity contribution in [2.24, 2.45) is 0 Å². The molecule has 0 saturated carbocycles. The molecule has 3 rings (SSSR count). The van der Waals surface area contributed by atoms with Gasteiger partial charge in [0, 0.05) is 11.3 Å². The van der Waals surface area contributed by atoms with Crippen LogP contribution in [0.4, 0.5) is 27.6 Å². The Bertz CT molecular complexity index is 1040. The van der Waals surface area contributed by atoms with E-state index in [1.54, 1.807) is 6.07 Å². The monoisotopic (exact) mass is 457 g/mol. The summed E-state index contributed by atoms with van der Waals surface area (Å²) in [6.07, 6.45) is -4.69. The molecule has 1 heterocycles. The van der Waals surface area contributed by atoms with Crippen molar-refractivity contribution in [3.63, 3.8) is 0 Å². The third kappa shape index (κ3) is 5.10. The molecule has 2 aromatic carbocycles. The van der Waals surface area contributed by atoms with E-state index in [0.717, 1.165) is 12.1 Å². The molecule has 0 saturated heterocycles. The molecule has 3 N–H and O–H groups in total. The van der Waals surface area contributed by atoms with Gasteiger partial charge in [0.1, 0.15) is 5.75 Å². The second-order valence-corrected chi connectivity index (χ2v) is 6.89. The Morgan fingerprint density at radius 2 is 1.77 bits per heavy atom. The summed E-state index contributed by atoms with van der Waals surface area (Å²) < 4.78 is 70.1. The van der Waals surface area contributed by atoms with E-state index >= 15 is 0 Å². The van der Waals surface area contributed by atoms with Gasteiger partial charge in [0.25, 0.3) is 5.91 Å². The van der Waals surface area contributed by atoms with Crippen molar-refractivity contribution >= 4 is 28.9 Å². The van der Waals surface area contributed by atoms with Crippen LogP contribution in [0.5, 0.6) is 5.75 Å². The Kier molecular flexibility index (Phi) is 6.44. The van der Waals surface area contributed by atoms with Gasteiger partial charge in [-0.2, -0.15) is 22.0 Å². The van der Waals surface area contributed by atoms with Crippen molar-refractivity contribution in [3.05, 3.63) is 70.9 Å². The molecule has 11 heteroatoms. The third-order valence-corrected chi connectivity index (χ3v) is 4.66. The SMILES string of the molecule is CC1=C(C(=O)Nc2ccccc2C(F)(F)F)C(c2ccccc2OC(F)F)NC(=S)N1. The number of ether oxygens (including phenoxy) is 1. The molecule has 0 bridgehead atoms. The number of carbonyl (C=O) groups is 1. The maximum atomic E-state index is 13.3. The van der Waals surface area contributed by atoms with Crippen LogP contribution in [0.1, 0.15) is 24.1 Å². The van der Waals surface area contributed by atoms with Crippen LogP contribution in [0.2, 0.25) is 0 Å². The predicted molar refractivity (Wildman–Crippen MR) is 107 cm³/mol. The smallest absolute Gasteiger partial charge is 0.418 e. The van der Waals surface area contributed by atoms with Crippen LogP contribution >= 0.6 is 12.2 Å². The quantitative estimate of drug-likeness (QED) is 0.447. The van der Waals surface area contributed by atoms with Gasteiger partial charge in [-0.15, -0.1) is 0 Å². The zero-order valence-corrected chi connectivity index (χ0v) is 16.7. The van der Waals surface area contributed by atoms with Gasteiger partial charge >= 0.3 is 12.8 Å². The number of carbonyl (C=O) groups excluding carboxylic acids is 1. The topological polar surface area (TPSA) is 62.4 Å². The number of halogens is 5. The summed E-state index contributed by atoms with van der Waals surface area (Å²) in [6, 6.07) is 9.22. The molecule has 0 aliphatic carbocycles. The van der Waals surface area contributed by atoms with Crippen LogP contribution in [0.3, 0.4) is 0 Å². The molecule has 1 unspecified atom stereocenters. The van der Waals surface area contributed by atoms with Gasteiger partial charge in [-0.05, 0) is 37.3 Å². The molecule has 0 radical (unpaired) electrons. The van der Waals surface area contributed by atoms with Gasteiger partial charge in [0.2, 0.25) is 0 Å². The molecule has 31 heavy (non-hydrogen) atoms. The molecule has 5 nitrogen and oxygen atoms in total. The van der Waals surface area contributed by atoms with Crippen molar-refractivity contribution in [1.29, 1.82) is 0 Å². The molecule has 2 aromatic rings. The number of hydrogen-bond acceptors (Lipinski definition) is 3. The molecule has 1 amide bonds. The van der Waals surface area contributed by atoms with E-state index in [1.165, 1.54) is 37.3 Å². The number of allylic oxidation sites excluding steroid dienone is 1. The zero-order chi connectivity index (χ0) is 22.8. The fraction of sp³-hybridized carbons (Fsp3) is 0.200. The highest BCUT2D eigenvalue weighted by molar-refractivity contribution is 7.80. The number of amides is 1. The summed E-state index contributed by atoms with van der Waals surface area (Å²) in [5.41, 5.74) is -1.07. The summed E-state index contributed by atoms with van der Waals surface area (Å²) in [5, 5.41) is 7.90. The van der Waals surface area contributed by atoms with Gasteiger partial charge in [0.05, 0.1) is 22.9 Å². The van der Waals surface area contributed by atoms with Gasteiger partial charge in [-0.3, -0.25) is 4.79 Å². The van der Waals surface area contributed by atoms with Crippen LogP contribution in [-0.2, 0) is 11.0 Å². The highest BCUT2D eigenvalue weighted by Gasteiger charge is 2.36. The number of benzene rings is 2. The minimum Gasteiger partial charge on any atom is -0.434 e. The summed E-state index contributed by atoms with van der Waals surface area (Å²) in [4.78, 5) is 13.0. The number of alkyl halides is 5. The number of hydrogen-bond donors (Lipinski definition) is 3. The first-order valence-electron chi connectivity index (χ1n) is 8.87. The van der Waals surface area contributed by atoms with Gasteiger partial charge in [-0.1, -0.05) is 30.3 Å². The lowest BCUT2D eigenvalue weighted by Gasteiger charge is -2.31. The van der Waals surface area contributed by atoms with Crippen molar-refractivity contribution in [1.82, 2.24) is 10.6 Å². The Morgan fingerprint density at radius 1 is 1.13 bits per heavy atom. The number of thiocarbonyl (C=S) groups is 1. The van der Waals surface area contributed by atoms with E-state index in [2.05, 4.69) is 20.7 Å². The molecule has 0 fully saturated rings. The molecule has 0 aromatic heterocycles. The number of para-hydroxylation sites is 2. The Morgan fingerprint density at radius 3 is 2.45 bits per heavy atom. The fourth-order valence-corrected chi connectivity index (χ4v) is 3.45. The third-order valence-electron chi connectivity index (χ3n) is 4.44. The molecule has 1 atom stereocenters. The van der Waals surface area contributed by atoms with E-state index < -0.39 is 36.0 Å². The zero-order valence-electron chi connectivity index (χ0n) is 15.9. The van der Waals surface area contributed by atoms with Crippen molar-refractivity contribution in [2.45, 2.75) is 25.8 Å². The Labute approximate surface area is 179 Å². The van der Waals surface area contributed by atoms with Crippen molar-refractivity contribution < 1.29 is 31.5 Å². The average Bonchev–Trinajstić information content (AvgIpc) is 2.66. The van der Waals surface area contributed by atoms with Crippen LogP contribution in [0.25, 0.3) is 0 Å². The lowest BCUT2D eigenvalue weighted by molar-refractivity contribution is -0.137. The lowest BCUT2D eigenvalue weighted by atomic mass is 9.94. The van der Waals surface area contributed by atoms with E-state index in [1.807, 2.05) is 0 Å². The normalized spacial score (nSPS) is 16.6. The molecule has 0 spiro atoms. The minimum absolute atomic E-state index is 0.0316. The van der Waals surface area contributed by atoms with E-state index in [0.29, 0.717) is 0 Å². The van der Waals surface area contributed by atoms with Crippen LogP contribution in [-0.4, -0.2) is 17.6 Å². The molecule has 1 aliphatic rings. The summed E-state index contributed by atoms with van der Waals surface area (Å²) in [7, 11) is 0. The highest BCUT2D eigenvalue weighted by Crippen LogP contribution is 2.37. The van der Waals surface area contributed by atoms with Gasteiger partial charge in [0.15, 0.2) is 5.11 Å². The first kappa shape index (κ1) is 22.5. The molecular formula is C20H16F5N3O2S. The first-order chi connectivity index (χ1) is 14.6. The minimum atomic E-state index is -4.69. The maximum Gasteiger partial charge on any atom is 0.418 e. The lowest BCUT2D eigenvalue weighted by Crippen LogP contribution is -2.46. The Hall–Kier alpha value is -3.21. The average molecular weight is 457 g/mol. The van der Waals surface area contributed by atoms with Crippen LogP contribution < -0.4 is 20.7 Å². The van der Waals surface area contributed by atoms with Gasteiger partial charge in [-0.25, -0.2) is 0 Å². The molecule has 164 valence electrons. The fourth-order valence-electron chi connectivity index (χ4n) is 3.18. The van der Waals surface area contributed by atoms with Crippen LogP contribution in [0, 0.1) is 0 Å². The summed E-state index contributed by atoms with van der Waals surface area (Å²) in [6.45, 7) is -1.61. The van der Waals surface area contributed by atoms with E-state index in [4.69, 9.17) is 12.2 Å². The van der Waals surface area contributed by atoms with Gasteiger partial charge < -0.3 is 20.7 Å². The van der Waals surface area contributed by atoms with Crippen LogP contribution in [0.15, 0.2) is 59.8 Å². The molecular weight excluding hydrogens is 441 g/mol. The predicted octanol–water partition coefficient (Wildman–Crippen LogP) is 4.74. The number of rotatable bonds is 5. The maximum absolute atomic E-state index is 13.3. The Balaban J connectivity index is 2.02. The van der Waals surface area contributed by atoms with Crippen molar-refractivity contribution in [2.75, 3.05) is 5.32 Å². The van der Waals surface area contributed by atoms with Crippen molar-refractivity contribution in [3.8, 4) is 5.75 Å². The first-order valence-corrected chi connectivity index (χ1v) is 9.28. The summed E-state index contributed by atoms with van der Waals surface area (Å²) >= 11 is 5.10. The summed E-state index contributed by atoms with van der Waals surface area (Å²) in [5.74, 6) is -1.07. The highest BCUT2D eigenvalue weighted by atomic mass is 32.1. The second-order valence-electron chi connectivity index (χ2n) is 6.48. The standard InChI is InChI=1S/C20H16F5N3O2S/c1-10-15(17(29)27-13-8-4-3-7-12(13)20(23,24)25)16(28-19(31)26-10)11-6-2-5-9-14(11)30-18(21)22/h2-9,16,18H,1H3,(H,27,29)(H2,26,28,31). The largest absolute Gasteiger partial charge is 0.434 e. The number of nitrogens with one attached hydrogen (secondary N) is 3. The van der Waals surface area contributed by atoms with E-state index in [9.17, 15) is 26.7 Å². The van der Waals surface area contributed by atoms with E-state index in [-0.39, 0.29) is 27.7 Å². The molecule has 1 aliphatic heterocycles. The number of anilines is 1. The second kappa shape index (κ2) is 8.88.